The van der Waals surface area contributed by atoms with Gasteiger partial charge in [0.2, 0.25) is 0 Å². The lowest BCUT2D eigenvalue weighted by Gasteiger charge is -2.09. The van der Waals surface area contributed by atoms with Gasteiger partial charge in [0.15, 0.2) is 0 Å². The van der Waals surface area contributed by atoms with E-state index >= 15 is 0 Å². The number of urea groups is 1. The molecule has 2 N–H and O–H groups in total. The molecule has 0 aliphatic heterocycles. The van der Waals surface area contributed by atoms with Crippen molar-refractivity contribution in [2.24, 2.45) is 0 Å². The SMILES string of the molecule is O=C(NCCOc1cccc(Br)c1)Nc1cccc(F)c1. The van der Waals surface area contributed by atoms with Gasteiger partial charge in [-0.05, 0) is 36.4 Å². The van der Waals surface area contributed by atoms with Crippen LogP contribution in [0.15, 0.2) is 53.0 Å². The summed E-state index contributed by atoms with van der Waals surface area (Å²) in [6, 6.07) is 12.7. The van der Waals surface area contributed by atoms with Gasteiger partial charge in [-0.15, -0.1) is 0 Å². The third kappa shape index (κ3) is 5.43. The number of hydrogen-bond acceptors (Lipinski definition) is 2. The molecular formula is C15H14BrFN2O2. The van der Waals surface area contributed by atoms with Gasteiger partial charge in [0.1, 0.15) is 18.2 Å². The summed E-state index contributed by atoms with van der Waals surface area (Å²) in [5.41, 5.74) is 0.403. The first-order valence-electron chi connectivity index (χ1n) is 6.32. The molecule has 0 saturated heterocycles. The van der Waals surface area contributed by atoms with E-state index in [1.807, 2.05) is 24.3 Å². The van der Waals surface area contributed by atoms with Crippen molar-refractivity contribution in [2.75, 3.05) is 18.5 Å². The van der Waals surface area contributed by atoms with Crippen LogP contribution in [0.25, 0.3) is 0 Å². The molecule has 0 heterocycles. The quantitative estimate of drug-likeness (QED) is 0.804. The molecule has 0 aromatic heterocycles. The van der Waals surface area contributed by atoms with E-state index in [1.54, 1.807) is 6.07 Å². The number of carbonyl (C=O) groups excluding carboxylic acids is 1. The van der Waals surface area contributed by atoms with Crippen LogP contribution in [0.5, 0.6) is 5.75 Å². The van der Waals surface area contributed by atoms with Crippen LogP contribution in [-0.2, 0) is 0 Å². The van der Waals surface area contributed by atoms with Gasteiger partial charge in [-0.25, -0.2) is 9.18 Å². The van der Waals surface area contributed by atoms with Crippen LogP contribution in [0.1, 0.15) is 0 Å². The van der Waals surface area contributed by atoms with E-state index in [0.29, 0.717) is 18.8 Å². The summed E-state index contributed by atoms with van der Waals surface area (Å²) in [4.78, 5) is 11.6. The van der Waals surface area contributed by atoms with Crippen LogP contribution in [0.2, 0.25) is 0 Å². The topological polar surface area (TPSA) is 50.4 Å². The lowest BCUT2D eigenvalue weighted by molar-refractivity contribution is 0.247. The van der Waals surface area contributed by atoms with Crippen molar-refractivity contribution in [2.45, 2.75) is 0 Å². The number of ether oxygens (including phenoxy) is 1. The molecule has 2 rings (SSSR count). The average molecular weight is 353 g/mol. The molecule has 0 unspecified atom stereocenters. The standard InChI is InChI=1S/C15H14BrFN2O2/c16-11-3-1-6-14(9-11)21-8-7-18-15(20)19-13-5-2-4-12(17)10-13/h1-6,9-10H,7-8H2,(H2,18,19,20). The smallest absolute Gasteiger partial charge is 0.319 e. The third-order valence-electron chi connectivity index (χ3n) is 2.53. The first-order chi connectivity index (χ1) is 10.1. The Labute approximate surface area is 130 Å². The predicted molar refractivity (Wildman–Crippen MR) is 83.1 cm³/mol. The highest BCUT2D eigenvalue weighted by Crippen LogP contribution is 2.17. The normalized spacial score (nSPS) is 10.0. The van der Waals surface area contributed by atoms with Gasteiger partial charge >= 0.3 is 6.03 Å². The maximum Gasteiger partial charge on any atom is 0.319 e. The molecule has 0 atom stereocenters. The van der Waals surface area contributed by atoms with Crippen LogP contribution in [0, 0.1) is 5.82 Å². The summed E-state index contributed by atoms with van der Waals surface area (Å²) in [7, 11) is 0. The van der Waals surface area contributed by atoms with Crippen molar-refractivity contribution in [1.29, 1.82) is 0 Å². The van der Waals surface area contributed by atoms with Crippen LogP contribution in [0.3, 0.4) is 0 Å². The van der Waals surface area contributed by atoms with E-state index < -0.39 is 11.8 Å². The zero-order chi connectivity index (χ0) is 15.1. The molecule has 2 amide bonds. The average Bonchev–Trinajstić information content (AvgIpc) is 2.44. The highest BCUT2D eigenvalue weighted by molar-refractivity contribution is 9.10. The molecule has 0 saturated carbocycles. The second-order valence-corrected chi connectivity index (χ2v) is 5.11. The van der Waals surface area contributed by atoms with Crippen LogP contribution in [0.4, 0.5) is 14.9 Å². The van der Waals surface area contributed by atoms with Crippen molar-refractivity contribution >= 4 is 27.6 Å². The number of nitrogens with one attached hydrogen (secondary N) is 2. The first-order valence-corrected chi connectivity index (χ1v) is 7.11. The Morgan fingerprint density at radius 1 is 1.19 bits per heavy atom. The Hall–Kier alpha value is -2.08. The van der Waals surface area contributed by atoms with Gasteiger partial charge in [-0.3, -0.25) is 0 Å². The number of rotatable bonds is 5. The third-order valence-corrected chi connectivity index (χ3v) is 3.03. The highest BCUT2D eigenvalue weighted by Gasteiger charge is 2.02. The summed E-state index contributed by atoms with van der Waals surface area (Å²) in [5, 5.41) is 5.16. The molecule has 6 heteroatoms. The maximum absolute atomic E-state index is 12.9. The summed E-state index contributed by atoms with van der Waals surface area (Å²) < 4.78 is 19.4. The van der Waals surface area contributed by atoms with Gasteiger partial charge in [-0.2, -0.15) is 0 Å². The predicted octanol–water partition coefficient (Wildman–Crippen LogP) is 3.79. The first kappa shape index (κ1) is 15.3. The fraction of sp³-hybridized carbons (Fsp3) is 0.133. The Morgan fingerprint density at radius 2 is 2.00 bits per heavy atom. The van der Waals surface area contributed by atoms with Gasteiger partial charge in [0, 0.05) is 10.2 Å². The number of hydrogen-bond donors (Lipinski definition) is 2. The largest absolute Gasteiger partial charge is 0.492 e. The van der Waals surface area contributed by atoms with Crippen LogP contribution >= 0.6 is 15.9 Å². The monoisotopic (exact) mass is 352 g/mol. The molecular weight excluding hydrogens is 339 g/mol. The van der Waals surface area contributed by atoms with E-state index in [0.717, 1.165) is 10.2 Å². The summed E-state index contributed by atoms with van der Waals surface area (Å²) in [6.45, 7) is 0.681. The lowest BCUT2D eigenvalue weighted by atomic mass is 10.3. The summed E-state index contributed by atoms with van der Waals surface area (Å²) in [6.07, 6.45) is 0. The van der Waals surface area contributed by atoms with E-state index in [2.05, 4.69) is 26.6 Å². The maximum atomic E-state index is 12.9. The highest BCUT2D eigenvalue weighted by atomic mass is 79.9. The molecule has 0 radical (unpaired) electrons. The Kier molecular flexibility index (Phi) is 5.57. The minimum Gasteiger partial charge on any atom is -0.492 e. The molecule has 0 aliphatic carbocycles. The van der Waals surface area contributed by atoms with Crippen LogP contribution in [-0.4, -0.2) is 19.2 Å². The van der Waals surface area contributed by atoms with Crippen molar-refractivity contribution in [3.8, 4) is 5.75 Å². The second kappa shape index (κ2) is 7.64. The molecule has 0 fully saturated rings. The molecule has 0 aliphatic rings. The summed E-state index contributed by atoms with van der Waals surface area (Å²) in [5.74, 6) is 0.322. The molecule has 0 bridgehead atoms. The van der Waals surface area contributed by atoms with Crippen LogP contribution < -0.4 is 15.4 Å². The molecule has 2 aromatic carbocycles. The Bertz CT molecular complexity index is 622. The zero-order valence-electron chi connectivity index (χ0n) is 11.1. The molecule has 21 heavy (non-hydrogen) atoms. The molecule has 2 aromatic rings. The summed E-state index contributed by atoms with van der Waals surface area (Å²) >= 11 is 3.35. The van der Waals surface area contributed by atoms with Crippen molar-refractivity contribution < 1.29 is 13.9 Å². The number of anilines is 1. The van der Waals surface area contributed by atoms with E-state index in [9.17, 15) is 9.18 Å². The number of benzene rings is 2. The Morgan fingerprint density at radius 3 is 2.76 bits per heavy atom. The van der Waals surface area contributed by atoms with Gasteiger partial charge < -0.3 is 15.4 Å². The van der Waals surface area contributed by atoms with Gasteiger partial charge in [-0.1, -0.05) is 28.1 Å². The van der Waals surface area contributed by atoms with Gasteiger partial charge in [0.25, 0.3) is 0 Å². The lowest BCUT2D eigenvalue weighted by Crippen LogP contribution is -2.32. The number of amides is 2. The fourth-order valence-corrected chi connectivity index (χ4v) is 2.01. The van der Waals surface area contributed by atoms with E-state index in [-0.39, 0.29) is 0 Å². The molecule has 110 valence electrons. The van der Waals surface area contributed by atoms with Crippen molar-refractivity contribution in [3.63, 3.8) is 0 Å². The van der Waals surface area contributed by atoms with E-state index in [1.165, 1.54) is 18.2 Å². The second-order valence-electron chi connectivity index (χ2n) is 4.20. The van der Waals surface area contributed by atoms with Gasteiger partial charge in [0.05, 0.1) is 6.54 Å². The molecule has 0 spiro atoms. The Balaban J connectivity index is 1.70. The molecule has 4 nitrogen and oxygen atoms in total. The van der Waals surface area contributed by atoms with Crippen molar-refractivity contribution in [3.05, 3.63) is 58.8 Å². The zero-order valence-corrected chi connectivity index (χ0v) is 12.7. The minimum atomic E-state index is -0.404. The number of carbonyl (C=O) groups is 1. The fourth-order valence-electron chi connectivity index (χ4n) is 1.63. The van der Waals surface area contributed by atoms with E-state index in [4.69, 9.17) is 4.74 Å². The number of halogens is 2. The van der Waals surface area contributed by atoms with Crippen molar-refractivity contribution in [1.82, 2.24) is 5.32 Å². The minimum absolute atomic E-state index is 0.340.